The first-order chi connectivity index (χ1) is 8.40. The Morgan fingerprint density at radius 2 is 1.94 bits per heavy atom. The third-order valence-corrected chi connectivity index (χ3v) is 3.12. The fraction of sp³-hybridized carbons (Fsp3) is 0.857. The van der Waals surface area contributed by atoms with Crippen molar-refractivity contribution < 1.29 is 14.3 Å². The van der Waals surface area contributed by atoms with E-state index in [2.05, 4.69) is 5.32 Å². The number of ether oxygens (including phenoxy) is 1. The average Bonchev–Trinajstić information content (AvgIpc) is 2.27. The normalized spacial score (nSPS) is 19.1. The lowest BCUT2D eigenvalue weighted by Gasteiger charge is -2.24. The lowest BCUT2D eigenvalue weighted by Crippen LogP contribution is -2.36. The van der Waals surface area contributed by atoms with Crippen LogP contribution in [0.25, 0.3) is 0 Å². The van der Waals surface area contributed by atoms with Crippen LogP contribution in [0.3, 0.4) is 0 Å². The maximum Gasteiger partial charge on any atom is 0.430 e. The van der Waals surface area contributed by atoms with Gasteiger partial charge < -0.3 is 9.53 Å². The van der Waals surface area contributed by atoms with Crippen LogP contribution in [0, 0.1) is 5.92 Å². The molecule has 1 radical (unpaired) electrons. The second-order valence-electron chi connectivity index (χ2n) is 6.05. The van der Waals surface area contributed by atoms with Crippen molar-refractivity contribution in [2.24, 2.45) is 5.92 Å². The van der Waals surface area contributed by atoms with Crippen LogP contribution in [-0.2, 0) is 9.53 Å². The quantitative estimate of drug-likeness (QED) is 0.724. The molecule has 1 rings (SSSR count). The van der Waals surface area contributed by atoms with E-state index in [1.165, 1.54) is 19.3 Å². The number of carbonyl (C=O) groups excluding carboxylic acids is 2. The zero-order valence-electron chi connectivity index (χ0n) is 11.6. The van der Waals surface area contributed by atoms with Gasteiger partial charge in [0.05, 0.1) is 0 Å². The molecule has 18 heavy (non-hydrogen) atoms. The van der Waals surface area contributed by atoms with Crippen LogP contribution in [0.15, 0.2) is 0 Å². The van der Waals surface area contributed by atoms with Gasteiger partial charge in [-0.15, -0.1) is 0 Å². The van der Waals surface area contributed by atoms with Gasteiger partial charge in [0.15, 0.2) is 0 Å². The molecular weight excluding hydrogens is 230 g/mol. The Labute approximate surface area is 109 Å². The number of hydrogen-bond donors (Lipinski definition) is 0. The molecule has 1 amide bonds. The third kappa shape index (κ3) is 6.03. The van der Waals surface area contributed by atoms with Gasteiger partial charge in [-0.25, -0.2) is 10.1 Å². The Morgan fingerprint density at radius 1 is 1.33 bits per heavy atom. The Bertz CT molecular complexity index is 277. The molecule has 0 heterocycles. The van der Waals surface area contributed by atoms with Crippen LogP contribution in [0.1, 0.15) is 59.3 Å². The highest BCUT2D eigenvalue weighted by molar-refractivity contribution is 5.73. The second kappa shape index (κ2) is 6.76. The van der Waals surface area contributed by atoms with Gasteiger partial charge in [-0.05, 0) is 33.1 Å². The SMILES string of the molecule is CC(C)(C)OC(=O)[N][C@H](C=O)CC1CCCCC1. The van der Waals surface area contributed by atoms with Gasteiger partial charge in [-0.3, -0.25) is 0 Å². The van der Waals surface area contributed by atoms with E-state index >= 15 is 0 Å². The molecule has 4 heteroatoms. The van der Waals surface area contributed by atoms with Gasteiger partial charge in [-0.1, -0.05) is 32.1 Å². The molecule has 1 aliphatic rings. The summed E-state index contributed by atoms with van der Waals surface area (Å²) in [6.07, 6.45) is 6.84. The standard InChI is InChI=1S/C14H24NO3/c1-14(2,3)18-13(17)15-12(10-16)9-11-7-5-4-6-8-11/h10-12H,4-9H2,1-3H3/t12-/m0/s1. The van der Waals surface area contributed by atoms with E-state index in [1.54, 1.807) is 20.8 Å². The Kier molecular flexibility index (Phi) is 5.63. The maximum absolute atomic E-state index is 11.5. The molecule has 1 aliphatic carbocycles. The second-order valence-corrected chi connectivity index (χ2v) is 6.05. The minimum Gasteiger partial charge on any atom is -0.442 e. The van der Waals surface area contributed by atoms with Crippen molar-refractivity contribution in [2.75, 3.05) is 0 Å². The summed E-state index contributed by atoms with van der Waals surface area (Å²) in [6, 6.07) is -0.539. The Balaban J connectivity index is 2.36. The summed E-state index contributed by atoms with van der Waals surface area (Å²) in [5.74, 6) is 0.528. The number of nitrogens with zero attached hydrogens (tertiary/aromatic N) is 1. The van der Waals surface area contributed by atoms with Crippen molar-refractivity contribution in [1.29, 1.82) is 0 Å². The summed E-state index contributed by atoms with van der Waals surface area (Å²) in [7, 11) is 0. The minimum absolute atomic E-state index is 0.528. The van der Waals surface area contributed by atoms with Gasteiger partial charge in [0.2, 0.25) is 0 Å². The summed E-state index contributed by atoms with van der Waals surface area (Å²) < 4.78 is 5.09. The molecule has 0 aromatic carbocycles. The molecule has 0 aromatic rings. The van der Waals surface area contributed by atoms with Crippen LogP contribution in [0.5, 0.6) is 0 Å². The lowest BCUT2D eigenvalue weighted by atomic mass is 9.85. The monoisotopic (exact) mass is 254 g/mol. The van der Waals surface area contributed by atoms with Crippen molar-refractivity contribution in [2.45, 2.75) is 70.9 Å². The molecule has 4 nitrogen and oxygen atoms in total. The van der Waals surface area contributed by atoms with E-state index in [4.69, 9.17) is 4.74 Å². The van der Waals surface area contributed by atoms with Gasteiger partial charge in [0, 0.05) is 0 Å². The number of amides is 1. The first-order valence-electron chi connectivity index (χ1n) is 6.80. The predicted molar refractivity (Wildman–Crippen MR) is 69.4 cm³/mol. The molecule has 1 atom stereocenters. The molecule has 0 unspecified atom stereocenters. The highest BCUT2D eigenvalue weighted by Crippen LogP contribution is 2.27. The molecule has 103 valence electrons. The predicted octanol–water partition coefficient (Wildman–Crippen LogP) is 3.06. The molecule has 1 fully saturated rings. The van der Waals surface area contributed by atoms with E-state index in [9.17, 15) is 9.59 Å². The maximum atomic E-state index is 11.5. The van der Waals surface area contributed by atoms with Gasteiger partial charge >= 0.3 is 6.09 Å². The van der Waals surface area contributed by atoms with Crippen molar-refractivity contribution in [3.8, 4) is 0 Å². The van der Waals surface area contributed by atoms with Crippen LogP contribution >= 0.6 is 0 Å². The first kappa shape index (κ1) is 15.0. The summed E-state index contributed by atoms with van der Waals surface area (Å²) in [5.41, 5.74) is -0.557. The van der Waals surface area contributed by atoms with E-state index in [0.717, 1.165) is 19.1 Å². The molecule has 0 aromatic heterocycles. The lowest BCUT2D eigenvalue weighted by molar-refractivity contribution is -0.110. The van der Waals surface area contributed by atoms with Crippen molar-refractivity contribution in [3.63, 3.8) is 0 Å². The third-order valence-electron chi connectivity index (χ3n) is 3.12. The van der Waals surface area contributed by atoms with Crippen molar-refractivity contribution in [3.05, 3.63) is 0 Å². The van der Waals surface area contributed by atoms with Gasteiger partial charge in [0.25, 0.3) is 0 Å². The summed E-state index contributed by atoms with van der Waals surface area (Å²) in [6.45, 7) is 5.37. The molecule has 0 saturated heterocycles. The highest BCUT2D eigenvalue weighted by Gasteiger charge is 2.24. The van der Waals surface area contributed by atoms with Crippen LogP contribution < -0.4 is 5.32 Å². The number of aldehydes is 1. The summed E-state index contributed by atoms with van der Waals surface area (Å²) in [4.78, 5) is 22.5. The average molecular weight is 254 g/mol. The van der Waals surface area contributed by atoms with E-state index in [0.29, 0.717) is 12.3 Å². The molecular formula is C14H24NO3. The molecule has 0 spiro atoms. The largest absolute Gasteiger partial charge is 0.442 e. The fourth-order valence-electron chi connectivity index (χ4n) is 2.33. The smallest absolute Gasteiger partial charge is 0.430 e. The number of hydrogen-bond acceptors (Lipinski definition) is 3. The fourth-order valence-corrected chi connectivity index (χ4v) is 2.33. The van der Waals surface area contributed by atoms with Crippen LogP contribution in [0.2, 0.25) is 0 Å². The summed E-state index contributed by atoms with van der Waals surface area (Å²) in [5, 5.41) is 3.85. The summed E-state index contributed by atoms with van der Waals surface area (Å²) >= 11 is 0. The zero-order valence-corrected chi connectivity index (χ0v) is 11.6. The van der Waals surface area contributed by atoms with Crippen molar-refractivity contribution in [1.82, 2.24) is 5.32 Å². The number of carbonyl (C=O) groups is 2. The Morgan fingerprint density at radius 3 is 2.44 bits per heavy atom. The van der Waals surface area contributed by atoms with Crippen LogP contribution in [0.4, 0.5) is 4.79 Å². The van der Waals surface area contributed by atoms with E-state index < -0.39 is 17.7 Å². The van der Waals surface area contributed by atoms with Crippen molar-refractivity contribution >= 4 is 12.4 Å². The molecule has 0 aliphatic heterocycles. The molecule has 1 saturated carbocycles. The van der Waals surface area contributed by atoms with Gasteiger partial charge in [-0.2, -0.15) is 0 Å². The Hall–Kier alpha value is -1.06. The van der Waals surface area contributed by atoms with Crippen LogP contribution in [-0.4, -0.2) is 24.0 Å². The highest BCUT2D eigenvalue weighted by atomic mass is 16.6. The topological polar surface area (TPSA) is 57.5 Å². The van der Waals surface area contributed by atoms with E-state index in [-0.39, 0.29) is 0 Å². The molecule has 0 N–H and O–H groups in total. The van der Waals surface area contributed by atoms with Gasteiger partial charge in [0.1, 0.15) is 17.9 Å². The minimum atomic E-state index is -0.629. The van der Waals surface area contributed by atoms with E-state index in [1.807, 2.05) is 0 Å². The zero-order chi connectivity index (χ0) is 13.6. The molecule has 0 bridgehead atoms. The number of rotatable bonds is 4. The first-order valence-corrected chi connectivity index (χ1v) is 6.80.